The van der Waals surface area contributed by atoms with Crippen molar-refractivity contribution in [3.63, 3.8) is 0 Å². The fourth-order valence-corrected chi connectivity index (χ4v) is 3.33. The topological polar surface area (TPSA) is 80.7 Å². The van der Waals surface area contributed by atoms with E-state index >= 15 is 0 Å². The van der Waals surface area contributed by atoms with Gasteiger partial charge in [-0.1, -0.05) is 11.2 Å². The zero-order chi connectivity index (χ0) is 17.0. The minimum Gasteiger partial charge on any atom is -0.360 e. The third-order valence-corrected chi connectivity index (χ3v) is 4.90. The maximum atomic E-state index is 12.7. The molecule has 0 saturated heterocycles. The van der Waals surface area contributed by atoms with Crippen LogP contribution >= 0.6 is 0 Å². The lowest BCUT2D eigenvalue weighted by atomic mass is 10.1. The van der Waals surface area contributed by atoms with Crippen molar-refractivity contribution in [1.82, 2.24) is 19.4 Å². The van der Waals surface area contributed by atoms with Crippen LogP contribution in [-0.4, -0.2) is 31.9 Å². The Labute approximate surface area is 142 Å². The van der Waals surface area contributed by atoms with Crippen LogP contribution in [0, 0.1) is 0 Å². The number of rotatable bonds is 2. The number of pyridine rings is 1. The molecule has 1 amide bonds. The number of hydrogen-bond acceptors (Lipinski definition) is 5. The van der Waals surface area contributed by atoms with Gasteiger partial charge in [0.15, 0.2) is 5.69 Å². The number of hydrogen-bond donors (Lipinski definition) is 0. The highest BCUT2D eigenvalue weighted by Gasteiger charge is 2.31. The Kier molecular flexibility index (Phi) is 3.03. The first-order chi connectivity index (χ1) is 12.2. The fraction of sp³-hybridized carbons (Fsp3) is 0.333. The molecule has 3 aromatic heterocycles. The molecule has 2 aliphatic rings. The first-order valence-electron chi connectivity index (χ1n) is 8.46. The molecule has 25 heavy (non-hydrogen) atoms. The van der Waals surface area contributed by atoms with E-state index in [2.05, 4.69) is 10.1 Å². The molecule has 1 aliphatic heterocycles. The molecule has 7 heteroatoms. The summed E-state index contributed by atoms with van der Waals surface area (Å²) in [6.07, 6.45) is 4.45. The summed E-state index contributed by atoms with van der Waals surface area (Å²) >= 11 is 0. The van der Waals surface area contributed by atoms with Gasteiger partial charge in [0.2, 0.25) is 0 Å². The second kappa shape index (κ2) is 5.27. The van der Waals surface area contributed by atoms with Crippen LogP contribution < -0.4 is 5.56 Å². The van der Waals surface area contributed by atoms with Gasteiger partial charge in [-0.2, -0.15) is 0 Å². The van der Waals surface area contributed by atoms with Gasteiger partial charge in [-0.25, -0.2) is 4.98 Å². The maximum absolute atomic E-state index is 12.7. The van der Waals surface area contributed by atoms with Gasteiger partial charge in [-0.3, -0.25) is 14.0 Å². The van der Waals surface area contributed by atoms with E-state index < -0.39 is 0 Å². The normalized spacial score (nSPS) is 16.9. The molecule has 0 radical (unpaired) electrons. The quantitative estimate of drug-likeness (QED) is 0.712. The number of amides is 1. The number of carbonyl (C=O) groups excluding carboxylic acids is 1. The van der Waals surface area contributed by atoms with Crippen molar-refractivity contribution in [3.8, 4) is 0 Å². The van der Waals surface area contributed by atoms with Gasteiger partial charge in [0, 0.05) is 31.1 Å². The van der Waals surface area contributed by atoms with Crippen molar-refractivity contribution in [2.24, 2.45) is 0 Å². The highest BCUT2D eigenvalue weighted by atomic mass is 16.5. The smallest absolute Gasteiger partial charge is 0.276 e. The highest BCUT2D eigenvalue weighted by Crippen LogP contribution is 2.40. The van der Waals surface area contributed by atoms with Gasteiger partial charge in [-0.05, 0) is 25.0 Å². The predicted molar refractivity (Wildman–Crippen MR) is 88.4 cm³/mol. The second-order valence-electron chi connectivity index (χ2n) is 6.64. The summed E-state index contributed by atoms with van der Waals surface area (Å²) in [5, 5.41) is 3.92. The van der Waals surface area contributed by atoms with Crippen molar-refractivity contribution in [2.45, 2.75) is 31.7 Å². The molecule has 5 rings (SSSR count). The lowest BCUT2D eigenvalue weighted by Crippen LogP contribution is -2.40. The van der Waals surface area contributed by atoms with Gasteiger partial charge in [-0.15, -0.1) is 0 Å². The first-order valence-corrected chi connectivity index (χ1v) is 8.46. The van der Waals surface area contributed by atoms with E-state index in [4.69, 9.17) is 4.52 Å². The molecule has 0 bridgehead atoms. The van der Waals surface area contributed by atoms with E-state index in [1.807, 2.05) is 12.1 Å². The van der Waals surface area contributed by atoms with E-state index in [-0.39, 0.29) is 18.0 Å². The Morgan fingerprint density at radius 2 is 2.16 bits per heavy atom. The Balaban J connectivity index is 1.47. The second-order valence-corrected chi connectivity index (χ2v) is 6.64. The molecule has 1 saturated carbocycles. The SMILES string of the molecule is O=C(c1cc(C2CC2)on1)N1CCc2nc3ccccn3c(=O)c2C1. The van der Waals surface area contributed by atoms with Gasteiger partial charge >= 0.3 is 0 Å². The maximum Gasteiger partial charge on any atom is 0.276 e. The summed E-state index contributed by atoms with van der Waals surface area (Å²) in [5.41, 5.74) is 2.20. The Bertz CT molecular complexity index is 1050. The van der Waals surface area contributed by atoms with Crippen LogP contribution in [0.3, 0.4) is 0 Å². The largest absolute Gasteiger partial charge is 0.360 e. The van der Waals surface area contributed by atoms with E-state index in [1.54, 1.807) is 23.2 Å². The van der Waals surface area contributed by atoms with Crippen molar-refractivity contribution >= 4 is 11.6 Å². The molecule has 1 fully saturated rings. The molecule has 0 atom stereocenters. The van der Waals surface area contributed by atoms with Crippen LogP contribution in [0.15, 0.2) is 39.8 Å². The number of aromatic nitrogens is 3. The molecule has 0 N–H and O–H groups in total. The Morgan fingerprint density at radius 1 is 1.28 bits per heavy atom. The van der Waals surface area contributed by atoms with Crippen LogP contribution in [-0.2, 0) is 13.0 Å². The molecule has 0 spiro atoms. The van der Waals surface area contributed by atoms with Crippen LogP contribution in [0.2, 0.25) is 0 Å². The molecule has 0 unspecified atom stereocenters. The van der Waals surface area contributed by atoms with Gasteiger partial charge in [0.1, 0.15) is 11.4 Å². The standard InChI is InChI=1S/C18H16N4O3/c23-17-12-10-21(18(24)14-9-15(25-20-14)11-4-5-11)8-6-13(12)19-16-3-1-2-7-22(16)17/h1-3,7,9,11H,4-6,8,10H2. The average Bonchev–Trinajstić information content (AvgIpc) is 3.38. The minimum absolute atomic E-state index is 0.114. The molecule has 1 aliphatic carbocycles. The Hall–Kier alpha value is -2.96. The zero-order valence-electron chi connectivity index (χ0n) is 13.5. The van der Waals surface area contributed by atoms with E-state index in [9.17, 15) is 9.59 Å². The molecular weight excluding hydrogens is 320 g/mol. The number of nitrogens with zero attached hydrogens (tertiary/aromatic N) is 4. The van der Waals surface area contributed by atoms with E-state index in [1.165, 1.54) is 4.40 Å². The van der Waals surface area contributed by atoms with Crippen molar-refractivity contribution < 1.29 is 9.32 Å². The minimum atomic E-state index is -0.196. The lowest BCUT2D eigenvalue weighted by Gasteiger charge is -2.27. The van der Waals surface area contributed by atoms with Crippen molar-refractivity contribution in [2.75, 3.05) is 6.54 Å². The summed E-state index contributed by atoms with van der Waals surface area (Å²) in [7, 11) is 0. The van der Waals surface area contributed by atoms with Crippen LogP contribution in [0.4, 0.5) is 0 Å². The van der Waals surface area contributed by atoms with E-state index in [0.29, 0.717) is 35.8 Å². The summed E-state index contributed by atoms with van der Waals surface area (Å²) in [6.45, 7) is 0.774. The zero-order valence-corrected chi connectivity index (χ0v) is 13.5. The summed E-state index contributed by atoms with van der Waals surface area (Å²) in [5.74, 6) is 1.00. The van der Waals surface area contributed by atoms with E-state index in [0.717, 1.165) is 24.3 Å². The van der Waals surface area contributed by atoms with Gasteiger partial charge in [0.25, 0.3) is 11.5 Å². The average molecular weight is 336 g/mol. The van der Waals surface area contributed by atoms with Gasteiger partial charge in [0.05, 0.1) is 17.8 Å². The summed E-state index contributed by atoms with van der Waals surface area (Å²) < 4.78 is 6.80. The molecule has 126 valence electrons. The van der Waals surface area contributed by atoms with Crippen molar-refractivity contribution in [3.05, 3.63) is 63.5 Å². The molecule has 7 nitrogen and oxygen atoms in total. The van der Waals surface area contributed by atoms with Crippen LogP contribution in [0.5, 0.6) is 0 Å². The molecule has 0 aromatic carbocycles. The Morgan fingerprint density at radius 3 is 3.00 bits per heavy atom. The highest BCUT2D eigenvalue weighted by molar-refractivity contribution is 5.92. The third kappa shape index (κ3) is 2.34. The third-order valence-electron chi connectivity index (χ3n) is 4.90. The summed E-state index contributed by atoms with van der Waals surface area (Å²) in [4.78, 5) is 31.7. The molecule has 4 heterocycles. The fourth-order valence-electron chi connectivity index (χ4n) is 3.33. The molecular formula is C18H16N4O3. The predicted octanol–water partition coefficient (Wildman–Crippen LogP) is 1.76. The molecule has 3 aromatic rings. The monoisotopic (exact) mass is 336 g/mol. The number of carbonyl (C=O) groups is 1. The van der Waals surface area contributed by atoms with Crippen LogP contribution in [0.25, 0.3) is 5.65 Å². The van der Waals surface area contributed by atoms with Crippen LogP contribution in [0.1, 0.15) is 46.3 Å². The summed E-state index contributed by atoms with van der Waals surface area (Å²) in [6, 6.07) is 7.20. The van der Waals surface area contributed by atoms with Crippen molar-refractivity contribution in [1.29, 1.82) is 0 Å². The lowest BCUT2D eigenvalue weighted by molar-refractivity contribution is 0.0722. The number of fused-ring (bicyclic) bond motifs is 2. The van der Waals surface area contributed by atoms with Gasteiger partial charge < -0.3 is 9.42 Å². The first kappa shape index (κ1) is 14.4.